The highest BCUT2D eigenvalue weighted by Crippen LogP contribution is 2.31. The summed E-state index contributed by atoms with van der Waals surface area (Å²) in [6.45, 7) is 2.43. The molecule has 0 bridgehead atoms. The third-order valence-corrected chi connectivity index (χ3v) is 5.48. The summed E-state index contributed by atoms with van der Waals surface area (Å²) in [5.41, 5.74) is 3.25. The standard InChI is InChI=1S/C30H27NO7/c1-20-7-5-6-8-23(20)19-37-25-12-9-21(16-27(25)34-2)11-14-29(32)38-26-13-10-22(17-28(26)35-3)15-24(18-31)30(33)36-4/h5-17H,19H2,1-4H3/b14-11+,24-15+. The van der Waals surface area contributed by atoms with Gasteiger partial charge in [0, 0.05) is 6.08 Å². The van der Waals surface area contributed by atoms with Gasteiger partial charge in [0.15, 0.2) is 23.0 Å². The number of hydrogen-bond donors (Lipinski definition) is 0. The first-order chi connectivity index (χ1) is 18.4. The van der Waals surface area contributed by atoms with E-state index >= 15 is 0 Å². The van der Waals surface area contributed by atoms with Crippen LogP contribution in [0, 0.1) is 18.3 Å². The van der Waals surface area contributed by atoms with E-state index in [1.807, 2.05) is 31.2 Å². The van der Waals surface area contributed by atoms with Crippen molar-refractivity contribution in [1.29, 1.82) is 5.26 Å². The molecule has 194 valence electrons. The number of benzene rings is 3. The van der Waals surface area contributed by atoms with Crippen molar-refractivity contribution in [2.75, 3.05) is 21.3 Å². The van der Waals surface area contributed by atoms with E-state index in [2.05, 4.69) is 4.74 Å². The molecule has 0 aromatic heterocycles. The Bertz CT molecular complexity index is 1420. The van der Waals surface area contributed by atoms with E-state index in [4.69, 9.17) is 24.2 Å². The van der Waals surface area contributed by atoms with E-state index in [1.54, 1.807) is 43.5 Å². The van der Waals surface area contributed by atoms with Gasteiger partial charge < -0.3 is 23.7 Å². The van der Waals surface area contributed by atoms with E-state index in [0.29, 0.717) is 29.2 Å². The van der Waals surface area contributed by atoms with Crippen molar-refractivity contribution >= 4 is 24.1 Å². The molecular formula is C30H27NO7. The molecule has 0 fully saturated rings. The van der Waals surface area contributed by atoms with Crippen LogP contribution in [0.1, 0.15) is 22.3 Å². The zero-order valence-electron chi connectivity index (χ0n) is 21.5. The lowest BCUT2D eigenvalue weighted by Gasteiger charge is -2.12. The molecule has 0 spiro atoms. The third-order valence-electron chi connectivity index (χ3n) is 5.48. The quantitative estimate of drug-likeness (QED) is 0.156. The Morgan fingerprint density at radius 2 is 1.53 bits per heavy atom. The predicted octanol–water partition coefficient (Wildman–Crippen LogP) is 5.29. The lowest BCUT2D eigenvalue weighted by atomic mass is 10.1. The number of nitriles is 1. The van der Waals surface area contributed by atoms with Crippen molar-refractivity contribution in [3.8, 4) is 29.1 Å². The fourth-order valence-corrected chi connectivity index (χ4v) is 3.41. The predicted molar refractivity (Wildman–Crippen MR) is 142 cm³/mol. The highest BCUT2D eigenvalue weighted by Gasteiger charge is 2.12. The molecule has 0 aliphatic rings. The van der Waals surface area contributed by atoms with Crippen molar-refractivity contribution in [2.45, 2.75) is 13.5 Å². The number of carbonyl (C=O) groups excluding carboxylic acids is 2. The minimum Gasteiger partial charge on any atom is -0.493 e. The summed E-state index contributed by atoms with van der Waals surface area (Å²) in [6.07, 6.45) is 4.22. The molecule has 0 saturated carbocycles. The zero-order valence-corrected chi connectivity index (χ0v) is 21.5. The van der Waals surface area contributed by atoms with E-state index in [-0.39, 0.29) is 17.1 Å². The molecule has 0 radical (unpaired) electrons. The molecule has 8 nitrogen and oxygen atoms in total. The van der Waals surface area contributed by atoms with E-state index in [0.717, 1.165) is 11.1 Å². The number of rotatable bonds is 10. The van der Waals surface area contributed by atoms with Gasteiger partial charge in [-0.15, -0.1) is 0 Å². The minimum absolute atomic E-state index is 0.174. The van der Waals surface area contributed by atoms with Crippen molar-refractivity contribution in [2.24, 2.45) is 0 Å². The van der Waals surface area contributed by atoms with Gasteiger partial charge >= 0.3 is 11.9 Å². The molecule has 0 heterocycles. The molecule has 3 aromatic rings. The van der Waals surface area contributed by atoms with Crippen molar-refractivity contribution in [3.63, 3.8) is 0 Å². The fourth-order valence-electron chi connectivity index (χ4n) is 3.41. The third kappa shape index (κ3) is 7.24. The van der Waals surface area contributed by atoms with Gasteiger partial charge in [0.25, 0.3) is 0 Å². The second-order valence-electron chi connectivity index (χ2n) is 7.95. The maximum Gasteiger partial charge on any atom is 0.348 e. The number of carbonyl (C=O) groups is 2. The number of esters is 2. The number of nitrogens with zero attached hydrogens (tertiary/aromatic N) is 1. The molecule has 0 saturated heterocycles. The fraction of sp³-hybridized carbons (Fsp3) is 0.167. The average Bonchev–Trinajstić information content (AvgIpc) is 2.94. The van der Waals surface area contributed by atoms with Gasteiger partial charge in [0.2, 0.25) is 0 Å². The average molecular weight is 514 g/mol. The van der Waals surface area contributed by atoms with Gasteiger partial charge in [-0.2, -0.15) is 5.26 Å². The monoisotopic (exact) mass is 513 g/mol. The molecule has 0 aliphatic carbocycles. The Labute approximate surface area is 221 Å². The molecular weight excluding hydrogens is 486 g/mol. The largest absolute Gasteiger partial charge is 0.493 e. The van der Waals surface area contributed by atoms with Gasteiger partial charge in [-0.05, 0) is 65.6 Å². The Kier molecular flexibility index (Phi) is 9.66. The highest BCUT2D eigenvalue weighted by molar-refractivity contribution is 5.98. The van der Waals surface area contributed by atoms with Crippen LogP contribution in [0.15, 0.2) is 72.3 Å². The Balaban J connectivity index is 1.69. The Morgan fingerprint density at radius 3 is 2.21 bits per heavy atom. The molecule has 0 atom stereocenters. The zero-order chi connectivity index (χ0) is 27.5. The lowest BCUT2D eigenvalue weighted by Crippen LogP contribution is -2.05. The van der Waals surface area contributed by atoms with Crippen LogP contribution >= 0.6 is 0 Å². The minimum atomic E-state index is -0.755. The van der Waals surface area contributed by atoms with Gasteiger partial charge in [-0.3, -0.25) is 0 Å². The molecule has 0 unspecified atom stereocenters. The summed E-state index contributed by atoms with van der Waals surface area (Å²) in [6, 6.07) is 19.7. The van der Waals surface area contributed by atoms with Crippen molar-refractivity contribution < 1.29 is 33.3 Å². The molecule has 0 N–H and O–H groups in total. The SMILES string of the molecule is COC(=O)/C(C#N)=C/c1ccc(OC(=O)/C=C/c2ccc(OCc3ccccc3C)c(OC)c2)c(OC)c1. The van der Waals surface area contributed by atoms with Gasteiger partial charge in [0.1, 0.15) is 18.2 Å². The number of ether oxygens (including phenoxy) is 5. The normalized spacial score (nSPS) is 11.0. The Hall–Kier alpha value is -5.03. The molecule has 3 rings (SSSR count). The van der Waals surface area contributed by atoms with E-state index < -0.39 is 11.9 Å². The van der Waals surface area contributed by atoms with E-state index in [1.165, 1.54) is 38.5 Å². The van der Waals surface area contributed by atoms with Crippen LogP contribution in [0.25, 0.3) is 12.2 Å². The smallest absolute Gasteiger partial charge is 0.348 e. The van der Waals surface area contributed by atoms with Crippen LogP contribution in [0.2, 0.25) is 0 Å². The lowest BCUT2D eigenvalue weighted by molar-refractivity contribution is -0.135. The van der Waals surface area contributed by atoms with Gasteiger partial charge in [0.05, 0.1) is 21.3 Å². The topological polar surface area (TPSA) is 104 Å². The van der Waals surface area contributed by atoms with Crippen LogP contribution in [0.5, 0.6) is 23.0 Å². The van der Waals surface area contributed by atoms with Gasteiger partial charge in [-0.1, -0.05) is 36.4 Å². The van der Waals surface area contributed by atoms with Crippen LogP contribution in [-0.2, 0) is 20.9 Å². The summed E-state index contributed by atoms with van der Waals surface area (Å²) < 4.78 is 26.7. The van der Waals surface area contributed by atoms with Crippen molar-refractivity contribution in [1.82, 2.24) is 0 Å². The highest BCUT2D eigenvalue weighted by atomic mass is 16.6. The van der Waals surface area contributed by atoms with Crippen molar-refractivity contribution in [3.05, 3.63) is 94.6 Å². The molecule has 0 aliphatic heterocycles. The van der Waals surface area contributed by atoms with E-state index in [9.17, 15) is 9.59 Å². The number of methoxy groups -OCH3 is 3. The maximum atomic E-state index is 12.5. The summed E-state index contributed by atoms with van der Waals surface area (Å²) in [7, 11) is 4.15. The second-order valence-corrected chi connectivity index (χ2v) is 7.95. The first-order valence-electron chi connectivity index (χ1n) is 11.5. The summed E-state index contributed by atoms with van der Waals surface area (Å²) in [4.78, 5) is 24.1. The molecule has 3 aromatic carbocycles. The maximum absolute atomic E-state index is 12.5. The number of aryl methyl sites for hydroxylation is 1. The summed E-state index contributed by atoms with van der Waals surface area (Å²) in [5, 5.41) is 9.13. The molecule has 8 heteroatoms. The molecule has 0 amide bonds. The summed E-state index contributed by atoms with van der Waals surface area (Å²) >= 11 is 0. The molecule has 38 heavy (non-hydrogen) atoms. The van der Waals surface area contributed by atoms with Crippen LogP contribution in [-0.4, -0.2) is 33.3 Å². The van der Waals surface area contributed by atoms with Crippen LogP contribution in [0.4, 0.5) is 0 Å². The van der Waals surface area contributed by atoms with Crippen LogP contribution < -0.4 is 18.9 Å². The summed E-state index contributed by atoms with van der Waals surface area (Å²) in [5.74, 6) is 0.157. The van der Waals surface area contributed by atoms with Crippen LogP contribution in [0.3, 0.4) is 0 Å². The Morgan fingerprint density at radius 1 is 0.868 bits per heavy atom. The first kappa shape index (κ1) is 27.6. The first-order valence-corrected chi connectivity index (χ1v) is 11.5. The van der Waals surface area contributed by atoms with Gasteiger partial charge in [-0.25, -0.2) is 9.59 Å². The number of hydrogen-bond acceptors (Lipinski definition) is 8. The second kappa shape index (κ2) is 13.3.